The van der Waals surface area contributed by atoms with Crippen LogP contribution in [0.1, 0.15) is 22.2 Å². The van der Waals surface area contributed by atoms with Crippen molar-refractivity contribution in [2.45, 2.75) is 6.29 Å². The smallest absolute Gasteiger partial charge is 0.379 e. The van der Waals surface area contributed by atoms with Crippen LogP contribution in [0.3, 0.4) is 0 Å². The SMILES string of the molecule is COC(=O)C(=O)c1ccccc1C(OC)OC. The molecule has 0 fully saturated rings. The number of Topliss-reactive ketones (excluding diaryl/α,β-unsaturated/α-hetero) is 1. The Morgan fingerprint density at radius 1 is 1.06 bits per heavy atom. The van der Waals surface area contributed by atoms with Gasteiger partial charge in [-0.1, -0.05) is 24.3 Å². The third kappa shape index (κ3) is 2.89. The van der Waals surface area contributed by atoms with Crippen molar-refractivity contribution < 1.29 is 23.8 Å². The molecular formula is C12H14O5. The first-order valence-corrected chi connectivity index (χ1v) is 4.92. The van der Waals surface area contributed by atoms with E-state index >= 15 is 0 Å². The van der Waals surface area contributed by atoms with Gasteiger partial charge in [-0.15, -0.1) is 0 Å². The van der Waals surface area contributed by atoms with Crippen LogP contribution in [0.15, 0.2) is 24.3 Å². The van der Waals surface area contributed by atoms with Gasteiger partial charge in [0.05, 0.1) is 7.11 Å². The largest absolute Gasteiger partial charge is 0.463 e. The molecule has 0 saturated carbocycles. The van der Waals surface area contributed by atoms with Crippen LogP contribution >= 0.6 is 0 Å². The second-order valence-electron chi connectivity index (χ2n) is 3.21. The number of hydrogen-bond donors (Lipinski definition) is 0. The van der Waals surface area contributed by atoms with E-state index in [1.807, 2.05) is 0 Å². The number of hydrogen-bond acceptors (Lipinski definition) is 5. The van der Waals surface area contributed by atoms with Crippen molar-refractivity contribution >= 4 is 11.8 Å². The van der Waals surface area contributed by atoms with Crippen LogP contribution in [0, 0.1) is 0 Å². The molecule has 0 N–H and O–H groups in total. The molecule has 92 valence electrons. The minimum atomic E-state index is -0.914. The average molecular weight is 238 g/mol. The fourth-order valence-electron chi connectivity index (χ4n) is 1.46. The van der Waals surface area contributed by atoms with E-state index < -0.39 is 18.0 Å². The number of ketones is 1. The Labute approximate surface area is 99.3 Å². The summed E-state index contributed by atoms with van der Waals surface area (Å²) < 4.78 is 14.5. The van der Waals surface area contributed by atoms with E-state index in [0.29, 0.717) is 5.56 Å². The summed E-state index contributed by atoms with van der Waals surface area (Å²) in [6, 6.07) is 6.57. The van der Waals surface area contributed by atoms with E-state index in [2.05, 4.69) is 4.74 Å². The third-order valence-electron chi connectivity index (χ3n) is 2.26. The van der Waals surface area contributed by atoms with Crippen molar-refractivity contribution in [2.75, 3.05) is 21.3 Å². The second kappa shape index (κ2) is 6.12. The average Bonchev–Trinajstić information content (AvgIpc) is 2.39. The van der Waals surface area contributed by atoms with E-state index in [9.17, 15) is 9.59 Å². The van der Waals surface area contributed by atoms with Gasteiger partial charge in [0.25, 0.3) is 5.78 Å². The summed E-state index contributed by atoms with van der Waals surface area (Å²) in [5.41, 5.74) is 0.709. The normalized spacial score (nSPS) is 10.4. The Kier molecular flexibility index (Phi) is 4.81. The summed E-state index contributed by atoms with van der Waals surface area (Å²) in [5.74, 6) is -1.63. The topological polar surface area (TPSA) is 61.8 Å². The lowest BCUT2D eigenvalue weighted by atomic mass is 10.0. The number of benzene rings is 1. The standard InChI is InChI=1S/C12H14O5/c1-15-11(14)10(13)8-6-4-5-7-9(8)12(16-2)17-3/h4-7,12H,1-3H3. The van der Waals surface area contributed by atoms with Crippen LogP contribution in [-0.4, -0.2) is 33.1 Å². The molecule has 1 aromatic rings. The van der Waals surface area contributed by atoms with Gasteiger partial charge in [-0.05, 0) is 0 Å². The van der Waals surface area contributed by atoms with E-state index in [0.717, 1.165) is 7.11 Å². The molecule has 0 saturated heterocycles. The molecule has 0 unspecified atom stereocenters. The van der Waals surface area contributed by atoms with Crippen molar-refractivity contribution in [1.82, 2.24) is 0 Å². The van der Waals surface area contributed by atoms with Crippen LogP contribution in [0.4, 0.5) is 0 Å². The molecule has 0 bridgehead atoms. The number of methoxy groups -OCH3 is 3. The maximum Gasteiger partial charge on any atom is 0.379 e. The Hall–Kier alpha value is -1.72. The van der Waals surface area contributed by atoms with Crippen LogP contribution in [0.2, 0.25) is 0 Å². The quantitative estimate of drug-likeness (QED) is 0.335. The minimum absolute atomic E-state index is 0.216. The van der Waals surface area contributed by atoms with Gasteiger partial charge in [-0.25, -0.2) is 4.79 Å². The maximum absolute atomic E-state index is 11.7. The van der Waals surface area contributed by atoms with Gasteiger partial charge in [-0.2, -0.15) is 0 Å². The highest BCUT2D eigenvalue weighted by Crippen LogP contribution is 2.22. The van der Waals surface area contributed by atoms with Crippen LogP contribution < -0.4 is 0 Å². The molecule has 0 aliphatic rings. The first-order valence-electron chi connectivity index (χ1n) is 4.92. The number of carbonyl (C=O) groups is 2. The number of ether oxygens (including phenoxy) is 3. The molecule has 17 heavy (non-hydrogen) atoms. The molecule has 0 radical (unpaired) electrons. The maximum atomic E-state index is 11.7. The lowest BCUT2D eigenvalue weighted by Crippen LogP contribution is -2.19. The Bertz CT molecular complexity index is 409. The van der Waals surface area contributed by atoms with Gasteiger partial charge < -0.3 is 14.2 Å². The summed E-state index contributed by atoms with van der Waals surface area (Å²) in [5, 5.41) is 0. The number of esters is 1. The minimum Gasteiger partial charge on any atom is -0.463 e. The fraction of sp³-hybridized carbons (Fsp3) is 0.333. The van der Waals surface area contributed by atoms with Crippen LogP contribution in [0.5, 0.6) is 0 Å². The molecule has 0 aliphatic carbocycles. The summed E-state index contributed by atoms with van der Waals surface area (Å²) in [4.78, 5) is 23.0. The molecule has 0 spiro atoms. The van der Waals surface area contributed by atoms with E-state index in [4.69, 9.17) is 9.47 Å². The molecule has 5 heteroatoms. The highest BCUT2D eigenvalue weighted by Gasteiger charge is 2.23. The zero-order chi connectivity index (χ0) is 12.8. The third-order valence-corrected chi connectivity index (χ3v) is 2.26. The van der Waals surface area contributed by atoms with Crippen molar-refractivity contribution in [2.24, 2.45) is 0 Å². The lowest BCUT2D eigenvalue weighted by Gasteiger charge is -2.16. The molecule has 0 atom stereocenters. The summed E-state index contributed by atoms with van der Waals surface area (Å²) in [6.45, 7) is 0. The van der Waals surface area contributed by atoms with Gasteiger partial charge >= 0.3 is 5.97 Å². The van der Waals surface area contributed by atoms with Crippen LogP contribution in [-0.2, 0) is 19.0 Å². The van der Waals surface area contributed by atoms with E-state index in [1.165, 1.54) is 20.3 Å². The monoisotopic (exact) mass is 238 g/mol. The van der Waals surface area contributed by atoms with Crippen molar-refractivity contribution in [3.05, 3.63) is 35.4 Å². The highest BCUT2D eigenvalue weighted by molar-refractivity contribution is 6.41. The molecule has 0 aromatic heterocycles. The first-order chi connectivity index (χ1) is 8.15. The highest BCUT2D eigenvalue weighted by atomic mass is 16.7. The molecule has 0 heterocycles. The molecule has 1 aromatic carbocycles. The van der Waals surface area contributed by atoms with Gasteiger partial charge in [0.1, 0.15) is 0 Å². The Morgan fingerprint density at radius 3 is 2.18 bits per heavy atom. The second-order valence-corrected chi connectivity index (χ2v) is 3.21. The first kappa shape index (κ1) is 13.3. The fourth-order valence-corrected chi connectivity index (χ4v) is 1.46. The predicted octanol–water partition coefficient (Wildman–Crippen LogP) is 1.33. The van der Waals surface area contributed by atoms with Gasteiger partial charge in [0.2, 0.25) is 0 Å². The predicted molar refractivity (Wildman–Crippen MR) is 59.5 cm³/mol. The van der Waals surface area contributed by atoms with Crippen molar-refractivity contribution in [3.63, 3.8) is 0 Å². The molecule has 1 rings (SSSR count). The molecule has 5 nitrogen and oxygen atoms in total. The van der Waals surface area contributed by atoms with Gasteiger partial charge in [-0.3, -0.25) is 4.79 Å². The molecule has 0 aliphatic heterocycles. The van der Waals surface area contributed by atoms with E-state index in [1.54, 1.807) is 18.2 Å². The zero-order valence-corrected chi connectivity index (χ0v) is 9.93. The summed E-state index contributed by atoms with van der Waals surface area (Å²) in [7, 11) is 4.06. The van der Waals surface area contributed by atoms with Gasteiger partial charge in [0, 0.05) is 25.3 Å². The van der Waals surface area contributed by atoms with E-state index in [-0.39, 0.29) is 5.56 Å². The number of carbonyl (C=O) groups excluding carboxylic acids is 2. The number of rotatable bonds is 5. The molecule has 0 amide bonds. The van der Waals surface area contributed by atoms with Crippen LogP contribution in [0.25, 0.3) is 0 Å². The Balaban J connectivity index is 3.15. The van der Waals surface area contributed by atoms with Crippen molar-refractivity contribution in [3.8, 4) is 0 Å². The van der Waals surface area contributed by atoms with Gasteiger partial charge in [0.15, 0.2) is 6.29 Å². The Morgan fingerprint density at radius 2 is 1.65 bits per heavy atom. The summed E-state index contributed by atoms with van der Waals surface area (Å²) in [6.07, 6.45) is -0.695. The summed E-state index contributed by atoms with van der Waals surface area (Å²) >= 11 is 0. The molecular weight excluding hydrogens is 224 g/mol. The van der Waals surface area contributed by atoms with Crippen molar-refractivity contribution in [1.29, 1.82) is 0 Å². The zero-order valence-electron chi connectivity index (χ0n) is 9.93. The lowest BCUT2D eigenvalue weighted by molar-refractivity contribution is -0.135.